The Labute approximate surface area is 159 Å². The van der Waals surface area contributed by atoms with Crippen molar-refractivity contribution in [1.82, 2.24) is 10.6 Å². The number of ether oxygens (including phenoxy) is 2. The lowest BCUT2D eigenvalue weighted by atomic mass is 9.98. The van der Waals surface area contributed by atoms with Crippen molar-refractivity contribution in [2.75, 3.05) is 19.8 Å². The number of hydrogen-bond acceptors (Lipinski definition) is 4. The van der Waals surface area contributed by atoms with E-state index in [2.05, 4.69) is 10.6 Å². The molecule has 144 valence electrons. The molecule has 2 N–H and O–H groups in total. The van der Waals surface area contributed by atoms with Gasteiger partial charge in [-0.25, -0.2) is 4.79 Å². The van der Waals surface area contributed by atoms with Gasteiger partial charge in [0.25, 0.3) is 0 Å². The van der Waals surface area contributed by atoms with Gasteiger partial charge in [-0.3, -0.25) is 4.79 Å². The molecule has 2 rings (SSSR count). The maximum absolute atomic E-state index is 12.4. The van der Waals surface area contributed by atoms with Crippen molar-refractivity contribution in [2.24, 2.45) is 0 Å². The van der Waals surface area contributed by atoms with Crippen molar-refractivity contribution >= 4 is 12.0 Å². The second-order valence-electron chi connectivity index (χ2n) is 5.81. The second kappa shape index (κ2) is 10.9. The third kappa shape index (κ3) is 6.66. The van der Waals surface area contributed by atoms with E-state index in [0.717, 1.165) is 16.9 Å². The van der Waals surface area contributed by atoms with Crippen LogP contribution in [-0.4, -0.2) is 31.8 Å². The molecule has 2 amide bonds. The van der Waals surface area contributed by atoms with Crippen LogP contribution in [0.3, 0.4) is 0 Å². The van der Waals surface area contributed by atoms with Crippen LogP contribution in [0.5, 0.6) is 5.75 Å². The Balaban J connectivity index is 2.05. The van der Waals surface area contributed by atoms with Gasteiger partial charge in [-0.1, -0.05) is 42.5 Å². The molecule has 0 fully saturated rings. The Hall–Kier alpha value is -3.02. The zero-order valence-corrected chi connectivity index (χ0v) is 15.7. The van der Waals surface area contributed by atoms with Crippen LogP contribution < -0.4 is 15.4 Å². The molecule has 0 aliphatic carbocycles. The van der Waals surface area contributed by atoms with Gasteiger partial charge in [0.2, 0.25) is 5.91 Å². The highest BCUT2D eigenvalue weighted by atomic mass is 16.5. The van der Waals surface area contributed by atoms with Gasteiger partial charge < -0.3 is 20.1 Å². The van der Waals surface area contributed by atoms with E-state index in [1.807, 2.05) is 61.5 Å². The molecule has 0 saturated carbocycles. The number of nitrogens with one attached hydrogen (secondary N) is 2. The highest BCUT2D eigenvalue weighted by Crippen LogP contribution is 2.24. The molecule has 1 atom stereocenters. The fourth-order valence-electron chi connectivity index (χ4n) is 2.62. The molecule has 27 heavy (non-hydrogen) atoms. The predicted molar refractivity (Wildman–Crippen MR) is 104 cm³/mol. The minimum Gasteiger partial charge on any atom is -0.494 e. The summed E-state index contributed by atoms with van der Waals surface area (Å²) in [6.07, 6.45) is -0.351. The summed E-state index contributed by atoms with van der Waals surface area (Å²) in [5, 5.41) is 5.59. The van der Waals surface area contributed by atoms with Gasteiger partial charge in [0, 0.05) is 13.0 Å². The number of hydrogen-bond donors (Lipinski definition) is 2. The summed E-state index contributed by atoms with van der Waals surface area (Å²) in [7, 11) is 0. The average molecular weight is 370 g/mol. The number of alkyl carbamates (subject to hydrolysis) is 1. The number of carbonyl (C=O) groups excluding carboxylic acids is 2. The van der Waals surface area contributed by atoms with Crippen LogP contribution in [0.4, 0.5) is 4.79 Å². The molecule has 0 aromatic heterocycles. The molecule has 0 radical (unpaired) electrons. The first-order chi connectivity index (χ1) is 13.1. The topological polar surface area (TPSA) is 76.7 Å². The summed E-state index contributed by atoms with van der Waals surface area (Å²) in [6.45, 7) is 4.78. The van der Waals surface area contributed by atoms with E-state index >= 15 is 0 Å². The second-order valence-corrected chi connectivity index (χ2v) is 5.81. The van der Waals surface area contributed by atoms with E-state index in [4.69, 9.17) is 9.47 Å². The highest BCUT2D eigenvalue weighted by Gasteiger charge is 2.17. The molecule has 6 heteroatoms. The maximum atomic E-state index is 12.4. The third-order valence-corrected chi connectivity index (χ3v) is 3.86. The summed E-state index contributed by atoms with van der Waals surface area (Å²) in [5.74, 6) is 0.632. The highest BCUT2D eigenvalue weighted by molar-refractivity contribution is 5.78. The fraction of sp³-hybridized carbons (Fsp3) is 0.333. The van der Waals surface area contributed by atoms with E-state index < -0.39 is 6.09 Å². The molecule has 0 saturated heterocycles. The molecule has 0 aliphatic rings. The summed E-state index contributed by atoms with van der Waals surface area (Å²) < 4.78 is 10.3. The van der Waals surface area contributed by atoms with Crippen molar-refractivity contribution in [2.45, 2.75) is 26.3 Å². The molecule has 2 aromatic rings. The summed E-state index contributed by atoms with van der Waals surface area (Å²) >= 11 is 0. The monoisotopic (exact) mass is 370 g/mol. The largest absolute Gasteiger partial charge is 0.494 e. The molecular weight excluding hydrogens is 344 g/mol. The Morgan fingerprint density at radius 2 is 1.59 bits per heavy atom. The first-order valence-electron chi connectivity index (χ1n) is 9.11. The Bertz CT molecular complexity index is 717. The van der Waals surface area contributed by atoms with E-state index in [1.54, 1.807) is 6.92 Å². The molecule has 0 aliphatic heterocycles. The quantitative estimate of drug-likeness (QED) is 0.709. The minimum atomic E-state index is -0.517. The average Bonchev–Trinajstić information content (AvgIpc) is 2.68. The summed E-state index contributed by atoms with van der Waals surface area (Å²) in [6, 6.07) is 17.1. The standard InChI is InChI=1S/C21H26N2O4/c1-3-26-18-12-10-17(11-13-18)20(16-8-6-5-7-9-16)23-19(24)14-15-22-21(25)27-4-2/h5-13,20H,3-4,14-15H2,1-2H3,(H,22,25)(H,23,24). The van der Waals surface area contributed by atoms with Crippen molar-refractivity contribution in [3.63, 3.8) is 0 Å². The van der Waals surface area contributed by atoms with Crippen molar-refractivity contribution < 1.29 is 19.1 Å². The lowest BCUT2D eigenvalue weighted by molar-refractivity contribution is -0.121. The summed E-state index contributed by atoms with van der Waals surface area (Å²) in [4.78, 5) is 23.7. The molecule has 1 unspecified atom stereocenters. The molecule has 0 bridgehead atoms. The van der Waals surface area contributed by atoms with Crippen LogP contribution in [0.15, 0.2) is 54.6 Å². The van der Waals surface area contributed by atoms with Crippen LogP contribution in [0.2, 0.25) is 0 Å². The van der Waals surface area contributed by atoms with Crippen molar-refractivity contribution in [3.8, 4) is 5.75 Å². The van der Waals surface area contributed by atoms with Gasteiger partial charge in [0.15, 0.2) is 0 Å². The van der Waals surface area contributed by atoms with Crippen LogP contribution in [0, 0.1) is 0 Å². The number of benzene rings is 2. The van der Waals surface area contributed by atoms with Gasteiger partial charge in [0.05, 0.1) is 19.3 Å². The number of carbonyl (C=O) groups is 2. The lowest BCUT2D eigenvalue weighted by Crippen LogP contribution is -2.33. The molecule has 0 heterocycles. The first kappa shape index (κ1) is 20.3. The van der Waals surface area contributed by atoms with Gasteiger partial charge in [-0.2, -0.15) is 0 Å². The SMILES string of the molecule is CCOC(=O)NCCC(=O)NC(c1ccccc1)c1ccc(OCC)cc1. The van der Waals surface area contributed by atoms with Gasteiger partial charge >= 0.3 is 6.09 Å². The molecule has 0 spiro atoms. The van der Waals surface area contributed by atoms with Crippen LogP contribution >= 0.6 is 0 Å². The van der Waals surface area contributed by atoms with Gasteiger partial charge in [0.1, 0.15) is 5.75 Å². The maximum Gasteiger partial charge on any atom is 0.407 e. The van der Waals surface area contributed by atoms with Crippen molar-refractivity contribution in [1.29, 1.82) is 0 Å². The van der Waals surface area contributed by atoms with Gasteiger partial charge in [-0.15, -0.1) is 0 Å². The molecular formula is C21H26N2O4. The lowest BCUT2D eigenvalue weighted by Gasteiger charge is -2.20. The third-order valence-electron chi connectivity index (χ3n) is 3.86. The van der Waals surface area contributed by atoms with Crippen LogP contribution in [0.1, 0.15) is 37.4 Å². The first-order valence-corrected chi connectivity index (χ1v) is 9.11. The van der Waals surface area contributed by atoms with E-state index in [1.165, 1.54) is 0 Å². The van der Waals surface area contributed by atoms with E-state index in [9.17, 15) is 9.59 Å². The van der Waals surface area contributed by atoms with Crippen molar-refractivity contribution in [3.05, 3.63) is 65.7 Å². The van der Waals surface area contributed by atoms with E-state index in [0.29, 0.717) is 13.2 Å². The Morgan fingerprint density at radius 3 is 2.22 bits per heavy atom. The Morgan fingerprint density at radius 1 is 0.926 bits per heavy atom. The molecule has 6 nitrogen and oxygen atoms in total. The smallest absolute Gasteiger partial charge is 0.407 e. The minimum absolute atomic E-state index is 0.158. The molecule has 2 aromatic carbocycles. The Kier molecular flexibility index (Phi) is 8.16. The van der Waals surface area contributed by atoms with Crippen LogP contribution in [0.25, 0.3) is 0 Å². The normalized spacial score (nSPS) is 11.3. The number of amides is 2. The van der Waals surface area contributed by atoms with Crippen LogP contribution in [-0.2, 0) is 9.53 Å². The van der Waals surface area contributed by atoms with E-state index in [-0.39, 0.29) is 24.9 Å². The summed E-state index contributed by atoms with van der Waals surface area (Å²) in [5.41, 5.74) is 1.93. The van der Waals surface area contributed by atoms with Gasteiger partial charge in [-0.05, 0) is 37.1 Å². The zero-order valence-electron chi connectivity index (χ0n) is 15.7. The fourth-order valence-corrected chi connectivity index (χ4v) is 2.62. The zero-order chi connectivity index (χ0) is 19.5. The number of rotatable bonds is 9. The predicted octanol–water partition coefficient (Wildman–Crippen LogP) is 3.43.